The van der Waals surface area contributed by atoms with Crippen molar-refractivity contribution >= 4 is 52.4 Å². The van der Waals surface area contributed by atoms with Crippen molar-refractivity contribution in [1.29, 1.82) is 0 Å². The first-order valence-corrected chi connectivity index (χ1v) is 9.26. The molecule has 2 aromatic carbocycles. The van der Waals surface area contributed by atoms with Gasteiger partial charge in [-0.05, 0) is 43.3 Å². The molecule has 0 bridgehead atoms. The summed E-state index contributed by atoms with van der Waals surface area (Å²) in [5, 5.41) is 2.87. The van der Waals surface area contributed by atoms with Crippen molar-refractivity contribution in [1.82, 2.24) is 4.90 Å². The third-order valence-corrected chi connectivity index (χ3v) is 5.84. The second kappa shape index (κ2) is 8.43. The van der Waals surface area contributed by atoms with Gasteiger partial charge in [0, 0.05) is 27.9 Å². The number of fused-ring (bicyclic) bond motifs is 1. The zero-order valence-corrected chi connectivity index (χ0v) is 16.0. The van der Waals surface area contributed by atoms with Crippen molar-refractivity contribution in [3.8, 4) is 0 Å². The molecule has 2 aromatic rings. The SMILES string of the molecule is CC1CC(CN)CN1C(=O)CSc1cccc2cccc(Cl)c12.Cl. The Balaban J connectivity index is 0.00000208. The molecule has 1 amide bonds. The molecule has 6 heteroatoms. The molecule has 3 rings (SSSR count). The van der Waals surface area contributed by atoms with Crippen LogP contribution in [0.5, 0.6) is 0 Å². The molecule has 1 saturated heterocycles. The van der Waals surface area contributed by atoms with E-state index in [9.17, 15) is 4.79 Å². The fourth-order valence-corrected chi connectivity index (χ4v) is 4.60. The minimum absolute atomic E-state index is 0. The number of rotatable bonds is 4. The van der Waals surface area contributed by atoms with Crippen molar-refractivity contribution in [3.05, 3.63) is 41.4 Å². The molecule has 2 unspecified atom stereocenters. The fraction of sp³-hybridized carbons (Fsp3) is 0.389. The Morgan fingerprint density at radius 1 is 1.33 bits per heavy atom. The molecule has 3 nitrogen and oxygen atoms in total. The van der Waals surface area contributed by atoms with Gasteiger partial charge in [0.25, 0.3) is 0 Å². The summed E-state index contributed by atoms with van der Waals surface area (Å²) < 4.78 is 0. The Morgan fingerprint density at radius 2 is 2.04 bits per heavy atom. The largest absolute Gasteiger partial charge is 0.339 e. The lowest BCUT2D eigenvalue weighted by Gasteiger charge is -2.21. The molecule has 1 fully saturated rings. The molecule has 1 aliphatic rings. The maximum atomic E-state index is 12.5. The number of hydrogen-bond acceptors (Lipinski definition) is 3. The van der Waals surface area contributed by atoms with E-state index in [4.69, 9.17) is 17.3 Å². The highest BCUT2D eigenvalue weighted by Crippen LogP contribution is 2.33. The molecule has 1 aliphatic heterocycles. The van der Waals surface area contributed by atoms with Crippen molar-refractivity contribution in [2.75, 3.05) is 18.8 Å². The van der Waals surface area contributed by atoms with Crippen LogP contribution in [0.1, 0.15) is 13.3 Å². The predicted molar refractivity (Wildman–Crippen MR) is 105 cm³/mol. The number of likely N-dealkylation sites (tertiary alicyclic amines) is 1. The Labute approximate surface area is 158 Å². The lowest BCUT2D eigenvalue weighted by atomic mass is 10.1. The molecule has 24 heavy (non-hydrogen) atoms. The second-order valence-electron chi connectivity index (χ2n) is 6.12. The van der Waals surface area contributed by atoms with Crippen LogP contribution >= 0.6 is 35.8 Å². The van der Waals surface area contributed by atoms with Gasteiger partial charge in [0.2, 0.25) is 5.91 Å². The smallest absolute Gasteiger partial charge is 0.233 e. The van der Waals surface area contributed by atoms with Crippen molar-refractivity contribution in [3.63, 3.8) is 0 Å². The number of carbonyl (C=O) groups excluding carboxylic acids is 1. The molecule has 2 atom stereocenters. The van der Waals surface area contributed by atoms with Gasteiger partial charge in [-0.25, -0.2) is 0 Å². The highest BCUT2D eigenvalue weighted by atomic mass is 35.5. The van der Waals surface area contributed by atoms with E-state index >= 15 is 0 Å². The maximum Gasteiger partial charge on any atom is 0.233 e. The first-order chi connectivity index (χ1) is 11.1. The number of thioether (sulfide) groups is 1. The van der Waals surface area contributed by atoms with E-state index in [1.165, 1.54) is 0 Å². The number of benzene rings is 2. The van der Waals surface area contributed by atoms with Gasteiger partial charge < -0.3 is 10.6 Å². The fourth-order valence-electron chi connectivity index (χ4n) is 3.27. The third kappa shape index (κ3) is 3.99. The molecule has 130 valence electrons. The monoisotopic (exact) mass is 384 g/mol. The van der Waals surface area contributed by atoms with Crippen LogP contribution in [0, 0.1) is 5.92 Å². The summed E-state index contributed by atoms with van der Waals surface area (Å²) in [4.78, 5) is 15.6. The molecule has 0 aromatic heterocycles. The molecular formula is C18H22Cl2N2OS. The zero-order chi connectivity index (χ0) is 16.4. The summed E-state index contributed by atoms with van der Waals surface area (Å²) in [5.41, 5.74) is 5.74. The first-order valence-electron chi connectivity index (χ1n) is 7.89. The summed E-state index contributed by atoms with van der Waals surface area (Å²) in [6.07, 6.45) is 1.01. The normalized spacial score (nSPS) is 20.2. The van der Waals surface area contributed by atoms with E-state index in [-0.39, 0.29) is 24.4 Å². The molecule has 0 saturated carbocycles. The van der Waals surface area contributed by atoms with Gasteiger partial charge in [-0.2, -0.15) is 0 Å². The number of halogens is 2. The van der Waals surface area contributed by atoms with Crippen LogP contribution in [0.3, 0.4) is 0 Å². The van der Waals surface area contributed by atoms with Crippen LogP contribution in [-0.2, 0) is 4.79 Å². The Bertz CT molecular complexity index is 720. The molecule has 0 spiro atoms. The number of hydrogen-bond donors (Lipinski definition) is 1. The highest BCUT2D eigenvalue weighted by Gasteiger charge is 2.31. The van der Waals surface area contributed by atoms with E-state index in [0.717, 1.165) is 33.7 Å². The molecule has 1 heterocycles. The van der Waals surface area contributed by atoms with Gasteiger partial charge in [0.15, 0.2) is 0 Å². The topological polar surface area (TPSA) is 46.3 Å². The lowest BCUT2D eigenvalue weighted by molar-refractivity contribution is -0.128. The minimum Gasteiger partial charge on any atom is -0.339 e. The number of carbonyl (C=O) groups is 1. The van der Waals surface area contributed by atoms with Crippen LogP contribution in [0.4, 0.5) is 0 Å². The van der Waals surface area contributed by atoms with Gasteiger partial charge in [0.1, 0.15) is 0 Å². The molecular weight excluding hydrogens is 363 g/mol. The van der Waals surface area contributed by atoms with Crippen LogP contribution in [0.15, 0.2) is 41.3 Å². The van der Waals surface area contributed by atoms with Gasteiger partial charge in [-0.1, -0.05) is 35.9 Å². The van der Waals surface area contributed by atoms with Crippen molar-refractivity contribution in [2.45, 2.75) is 24.3 Å². The third-order valence-electron chi connectivity index (χ3n) is 4.48. The van der Waals surface area contributed by atoms with Gasteiger partial charge in [0.05, 0.1) is 5.75 Å². The molecule has 0 aliphatic carbocycles. The van der Waals surface area contributed by atoms with Gasteiger partial charge in [-0.15, -0.1) is 24.2 Å². The average molecular weight is 385 g/mol. The van der Waals surface area contributed by atoms with E-state index in [1.54, 1.807) is 11.8 Å². The maximum absolute atomic E-state index is 12.5. The van der Waals surface area contributed by atoms with Crippen LogP contribution < -0.4 is 5.73 Å². The summed E-state index contributed by atoms with van der Waals surface area (Å²) in [6.45, 7) is 3.54. The predicted octanol–water partition coefficient (Wildman–Crippen LogP) is 4.20. The quantitative estimate of drug-likeness (QED) is 0.803. The van der Waals surface area contributed by atoms with E-state index in [2.05, 4.69) is 6.92 Å². The van der Waals surface area contributed by atoms with Crippen LogP contribution in [0.2, 0.25) is 5.02 Å². The minimum atomic E-state index is 0. The number of nitrogens with two attached hydrogens (primary N) is 1. The van der Waals surface area contributed by atoms with Gasteiger partial charge >= 0.3 is 0 Å². The molecule has 0 radical (unpaired) electrons. The summed E-state index contributed by atoms with van der Waals surface area (Å²) in [5.74, 6) is 1.06. The Morgan fingerprint density at radius 3 is 2.71 bits per heavy atom. The van der Waals surface area contributed by atoms with Crippen molar-refractivity contribution in [2.24, 2.45) is 11.7 Å². The summed E-state index contributed by atoms with van der Waals surface area (Å²) in [7, 11) is 0. The standard InChI is InChI=1S/C18H21ClN2OS.ClH/c1-12-8-13(9-20)10-21(12)17(22)11-23-16-7-3-5-14-4-2-6-15(19)18(14)16;/h2-7,12-13H,8-11,20H2,1H3;1H. The first kappa shape index (κ1) is 19.4. The molecule has 2 N–H and O–H groups in total. The van der Waals surface area contributed by atoms with Crippen molar-refractivity contribution < 1.29 is 4.79 Å². The summed E-state index contributed by atoms with van der Waals surface area (Å²) >= 11 is 7.91. The lowest BCUT2D eigenvalue weighted by Crippen LogP contribution is -2.35. The Kier molecular flexibility index (Phi) is 6.81. The van der Waals surface area contributed by atoms with Gasteiger partial charge in [-0.3, -0.25) is 4.79 Å². The average Bonchev–Trinajstić information content (AvgIpc) is 2.94. The zero-order valence-electron chi connectivity index (χ0n) is 13.6. The Hall–Kier alpha value is -0.940. The number of amides is 1. The summed E-state index contributed by atoms with van der Waals surface area (Å²) in [6, 6.07) is 12.3. The van der Waals surface area contributed by atoms with E-state index in [0.29, 0.717) is 18.2 Å². The van der Waals surface area contributed by atoms with E-state index < -0.39 is 0 Å². The number of nitrogens with zero attached hydrogens (tertiary/aromatic N) is 1. The van der Waals surface area contributed by atoms with Crippen LogP contribution in [-0.4, -0.2) is 35.7 Å². The second-order valence-corrected chi connectivity index (χ2v) is 7.54. The van der Waals surface area contributed by atoms with E-state index in [1.807, 2.05) is 41.3 Å². The highest BCUT2D eigenvalue weighted by molar-refractivity contribution is 8.00. The van der Waals surface area contributed by atoms with Crippen LogP contribution in [0.25, 0.3) is 10.8 Å².